The highest BCUT2D eigenvalue weighted by Gasteiger charge is 2.28. The number of aliphatic hydroxyl groups is 1. The summed E-state index contributed by atoms with van der Waals surface area (Å²) in [6.45, 7) is 6.93. The van der Waals surface area contributed by atoms with Crippen LogP contribution < -0.4 is 4.74 Å². The van der Waals surface area contributed by atoms with Crippen LogP contribution in [0.4, 0.5) is 0 Å². The Labute approximate surface area is 196 Å². The molecule has 0 aliphatic carbocycles. The zero-order valence-electron chi connectivity index (χ0n) is 20.2. The molecule has 1 aliphatic rings. The molecule has 33 heavy (non-hydrogen) atoms. The third kappa shape index (κ3) is 6.99. The van der Waals surface area contributed by atoms with Crippen molar-refractivity contribution in [2.75, 3.05) is 33.9 Å². The van der Waals surface area contributed by atoms with Crippen molar-refractivity contribution in [1.82, 2.24) is 24.8 Å². The second-order valence-corrected chi connectivity index (χ2v) is 9.00. The minimum atomic E-state index is -0.236. The number of nitrogens with zero attached hydrogens (tertiary/aromatic N) is 5. The van der Waals surface area contributed by atoms with Crippen LogP contribution in [0.3, 0.4) is 0 Å². The highest BCUT2D eigenvalue weighted by atomic mass is 16.5. The molecular weight excluding hydrogens is 422 g/mol. The summed E-state index contributed by atoms with van der Waals surface area (Å²) in [5.74, 6) is 0.957. The molecule has 0 unspecified atom stereocenters. The molecule has 1 N–H and O–H groups in total. The van der Waals surface area contributed by atoms with E-state index in [1.165, 1.54) is 0 Å². The molecule has 182 valence electrons. The lowest BCUT2D eigenvalue weighted by Crippen LogP contribution is -2.47. The van der Waals surface area contributed by atoms with Crippen molar-refractivity contribution >= 4 is 5.91 Å². The number of likely N-dealkylation sites (N-methyl/N-ethyl adjacent to an activating group) is 1. The van der Waals surface area contributed by atoms with Crippen LogP contribution in [-0.2, 0) is 29.2 Å². The van der Waals surface area contributed by atoms with E-state index in [1.807, 2.05) is 29.8 Å². The Morgan fingerprint density at radius 2 is 2.21 bits per heavy atom. The second-order valence-electron chi connectivity index (χ2n) is 9.00. The molecule has 9 nitrogen and oxygen atoms in total. The Bertz CT molecular complexity index is 889. The SMILES string of the molecule is COc1cccc(CN(C)C[C@H]2OCc3cnnn3CCCC(=O)N([C@@H](C)CO)C[C@H]2C)c1. The molecule has 1 aliphatic heterocycles. The van der Waals surface area contributed by atoms with E-state index in [-0.39, 0.29) is 30.6 Å². The fraction of sp³-hybridized carbons (Fsp3) is 0.625. The number of aliphatic hydroxyl groups excluding tert-OH is 1. The average Bonchev–Trinajstić information content (AvgIpc) is 3.25. The highest BCUT2D eigenvalue weighted by Crippen LogP contribution is 2.19. The molecule has 1 amide bonds. The monoisotopic (exact) mass is 459 g/mol. The zero-order chi connectivity index (χ0) is 23.8. The molecular formula is C24H37N5O4. The van der Waals surface area contributed by atoms with Gasteiger partial charge in [0.1, 0.15) is 5.75 Å². The molecule has 3 atom stereocenters. The minimum Gasteiger partial charge on any atom is -0.497 e. The molecule has 9 heteroatoms. The predicted octanol–water partition coefficient (Wildman–Crippen LogP) is 1.94. The summed E-state index contributed by atoms with van der Waals surface area (Å²) >= 11 is 0. The first kappa shape index (κ1) is 25.1. The number of hydrogen-bond acceptors (Lipinski definition) is 7. The van der Waals surface area contributed by atoms with Crippen molar-refractivity contribution in [1.29, 1.82) is 0 Å². The number of fused-ring (bicyclic) bond motifs is 1. The van der Waals surface area contributed by atoms with Crippen LogP contribution in [0.1, 0.15) is 37.9 Å². The van der Waals surface area contributed by atoms with E-state index < -0.39 is 0 Å². The van der Waals surface area contributed by atoms with Gasteiger partial charge in [-0.15, -0.1) is 5.10 Å². The predicted molar refractivity (Wildman–Crippen MR) is 125 cm³/mol. The van der Waals surface area contributed by atoms with Gasteiger partial charge in [-0.25, -0.2) is 4.68 Å². The first-order valence-corrected chi connectivity index (χ1v) is 11.6. The van der Waals surface area contributed by atoms with Gasteiger partial charge in [-0.3, -0.25) is 9.69 Å². The highest BCUT2D eigenvalue weighted by molar-refractivity contribution is 5.76. The smallest absolute Gasteiger partial charge is 0.222 e. The number of amides is 1. The van der Waals surface area contributed by atoms with Gasteiger partial charge in [0.05, 0.1) is 44.4 Å². The Balaban J connectivity index is 1.77. The number of carbonyl (C=O) groups is 1. The van der Waals surface area contributed by atoms with E-state index in [4.69, 9.17) is 9.47 Å². The summed E-state index contributed by atoms with van der Waals surface area (Å²) < 4.78 is 13.6. The van der Waals surface area contributed by atoms with Gasteiger partial charge < -0.3 is 19.5 Å². The third-order valence-electron chi connectivity index (χ3n) is 6.22. The van der Waals surface area contributed by atoms with E-state index >= 15 is 0 Å². The fourth-order valence-electron chi connectivity index (χ4n) is 4.20. The Morgan fingerprint density at radius 1 is 1.39 bits per heavy atom. The molecule has 0 saturated carbocycles. The molecule has 0 radical (unpaired) electrons. The lowest BCUT2D eigenvalue weighted by Gasteiger charge is -2.35. The topological polar surface area (TPSA) is 93.0 Å². The first-order chi connectivity index (χ1) is 15.9. The Morgan fingerprint density at radius 3 is 2.97 bits per heavy atom. The summed E-state index contributed by atoms with van der Waals surface area (Å²) in [6, 6.07) is 7.81. The number of aromatic nitrogens is 3. The molecule has 0 saturated heterocycles. The normalized spacial score (nSPS) is 21.3. The third-order valence-corrected chi connectivity index (χ3v) is 6.22. The number of methoxy groups -OCH3 is 1. The molecule has 0 fully saturated rings. The zero-order valence-corrected chi connectivity index (χ0v) is 20.2. The van der Waals surface area contributed by atoms with Gasteiger partial charge in [-0.2, -0.15) is 0 Å². The number of hydrogen-bond donors (Lipinski definition) is 1. The quantitative estimate of drug-likeness (QED) is 0.676. The molecule has 3 rings (SSSR count). The summed E-state index contributed by atoms with van der Waals surface area (Å²) in [5, 5.41) is 17.9. The van der Waals surface area contributed by atoms with Crippen LogP contribution in [0.15, 0.2) is 30.5 Å². The molecule has 2 heterocycles. The number of benzene rings is 1. The maximum atomic E-state index is 13.0. The van der Waals surface area contributed by atoms with E-state index in [0.29, 0.717) is 39.1 Å². The summed E-state index contributed by atoms with van der Waals surface area (Å²) in [5.41, 5.74) is 2.07. The maximum absolute atomic E-state index is 13.0. The average molecular weight is 460 g/mol. The van der Waals surface area contributed by atoms with E-state index in [0.717, 1.165) is 23.6 Å². The van der Waals surface area contributed by atoms with Gasteiger partial charge in [0.15, 0.2) is 0 Å². The van der Waals surface area contributed by atoms with E-state index in [9.17, 15) is 9.90 Å². The van der Waals surface area contributed by atoms with Crippen molar-refractivity contribution in [3.8, 4) is 5.75 Å². The Kier molecular flexibility index (Phi) is 9.22. The van der Waals surface area contributed by atoms with Gasteiger partial charge in [-0.1, -0.05) is 24.3 Å². The van der Waals surface area contributed by atoms with Gasteiger partial charge in [0, 0.05) is 38.5 Å². The summed E-state index contributed by atoms with van der Waals surface area (Å²) in [7, 11) is 3.74. The van der Waals surface area contributed by atoms with Crippen molar-refractivity contribution in [2.24, 2.45) is 5.92 Å². The minimum absolute atomic E-state index is 0.0501. The van der Waals surface area contributed by atoms with Gasteiger partial charge >= 0.3 is 0 Å². The molecule has 0 bridgehead atoms. The molecule has 2 aromatic rings. The lowest BCUT2D eigenvalue weighted by atomic mass is 10.0. The van der Waals surface area contributed by atoms with Gasteiger partial charge in [0.2, 0.25) is 5.91 Å². The van der Waals surface area contributed by atoms with Crippen LogP contribution in [0.5, 0.6) is 5.75 Å². The van der Waals surface area contributed by atoms with Crippen molar-refractivity contribution in [2.45, 2.75) is 58.5 Å². The van der Waals surface area contributed by atoms with Crippen molar-refractivity contribution in [3.63, 3.8) is 0 Å². The molecule has 1 aromatic heterocycles. The molecule has 1 aromatic carbocycles. The summed E-state index contributed by atoms with van der Waals surface area (Å²) in [4.78, 5) is 17.0. The van der Waals surface area contributed by atoms with Gasteiger partial charge in [0.25, 0.3) is 0 Å². The lowest BCUT2D eigenvalue weighted by molar-refractivity contribution is -0.136. The number of aryl methyl sites for hydroxylation is 1. The van der Waals surface area contributed by atoms with Crippen LogP contribution in [0, 0.1) is 5.92 Å². The van der Waals surface area contributed by atoms with E-state index in [1.54, 1.807) is 18.2 Å². The Hall–Kier alpha value is -2.49. The van der Waals surface area contributed by atoms with Crippen molar-refractivity contribution < 1.29 is 19.4 Å². The van der Waals surface area contributed by atoms with Gasteiger partial charge in [-0.05, 0) is 38.1 Å². The number of ether oxygens (including phenoxy) is 2. The van der Waals surface area contributed by atoms with Crippen LogP contribution >= 0.6 is 0 Å². The standard InChI is InChI=1S/C24H37N5O4/c1-18-13-28(19(2)16-30)24(31)9-6-10-29-21(12-25-26-29)17-33-23(18)15-27(3)14-20-7-5-8-22(11-20)32-4/h5,7-8,11-12,18-19,23,30H,6,9-10,13-17H2,1-4H3/t18-,19+,23-/m1/s1. The largest absolute Gasteiger partial charge is 0.497 e. The summed E-state index contributed by atoms with van der Waals surface area (Å²) in [6.07, 6.45) is 2.70. The van der Waals surface area contributed by atoms with Crippen LogP contribution in [0.25, 0.3) is 0 Å². The number of rotatable bonds is 7. The fourth-order valence-corrected chi connectivity index (χ4v) is 4.20. The van der Waals surface area contributed by atoms with Crippen molar-refractivity contribution in [3.05, 3.63) is 41.7 Å². The van der Waals surface area contributed by atoms with Crippen LogP contribution in [-0.4, -0.2) is 81.8 Å². The molecule has 0 spiro atoms. The van der Waals surface area contributed by atoms with Crippen LogP contribution in [0.2, 0.25) is 0 Å². The second kappa shape index (κ2) is 12.1. The maximum Gasteiger partial charge on any atom is 0.222 e. The first-order valence-electron chi connectivity index (χ1n) is 11.6. The number of carbonyl (C=O) groups excluding carboxylic acids is 1. The van der Waals surface area contributed by atoms with E-state index in [2.05, 4.69) is 35.2 Å².